The maximum atomic E-state index is 11.0. The molecule has 0 aliphatic heterocycles. The summed E-state index contributed by atoms with van der Waals surface area (Å²) in [6, 6.07) is 0.665. The Labute approximate surface area is 118 Å². The van der Waals surface area contributed by atoms with E-state index in [4.69, 9.17) is 28.3 Å². The third-order valence-corrected chi connectivity index (χ3v) is 3.77. The number of hydrogen-bond donors (Lipinski definition) is 2. The summed E-state index contributed by atoms with van der Waals surface area (Å²) in [5.41, 5.74) is 0.768. The van der Waals surface area contributed by atoms with Crippen LogP contribution in [0.1, 0.15) is 12.0 Å². The minimum absolute atomic E-state index is 0.206. The average molecular weight is 312 g/mol. The molecule has 1 aromatic heterocycles. The largest absolute Gasteiger partial charge is 0.480 e. The molecule has 0 radical (unpaired) electrons. The van der Waals surface area contributed by atoms with Crippen LogP contribution < -0.4 is 5.32 Å². The number of nitrogens with one attached hydrogen (secondary N) is 1. The summed E-state index contributed by atoms with van der Waals surface area (Å²) in [5.74, 6) is -1.13. The highest BCUT2D eigenvalue weighted by atomic mass is 35.5. The van der Waals surface area contributed by atoms with Crippen LogP contribution in [0.25, 0.3) is 0 Å². The first-order valence-corrected chi connectivity index (χ1v) is 6.52. The van der Waals surface area contributed by atoms with Crippen molar-refractivity contribution in [1.82, 2.24) is 5.32 Å². The number of ether oxygens (including phenoxy) is 1. The SMILES string of the molecule is COC(=O)N[C@@H](CCc1cc(Cl)sc1Cl)C(=O)O. The standard InChI is InChI=1S/C10H11Cl2NO4S/c1-17-10(16)13-6(9(14)15)3-2-5-4-7(11)18-8(5)12/h4,6H,2-3H2,1H3,(H,13,16)(H,14,15)/t6-/m0/s1. The number of carboxylic acid groups (broad SMARTS) is 1. The van der Waals surface area contributed by atoms with E-state index in [1.54, 1.807) is 6.07 Å². The van der Waals surface area contributed by atoms with Crippen molar-refractivity contribution in [3.05, 3.63) is 20.3 Å². The molecule has 100 valence electrons. The van der Waals surface area contributed by atoms with Gasteiger partial charge in [-0.15, -0.1) is 11.3 Å². The summed E-state index contributed by atoms with van der Waals surface area (Å²) in [7, 11) is 1.17. The van der Waals surface area contributed by atoms with Gasteiger partial charge in [-0.2, -0.15) is 0 Å². The van der Waals surface area contributed by atoms with Crippen molar-refractivity contribution in [3.8, 4) is 0 Å². The van der Waals surface area contributed by atoms with Crippen LogP contribution in [0.4, 0.5) is 4.79 Å². The van der Waals surface area contributed by atoms with Crippen LogP contribution in [0.2, 0.25) is 8.67 Å². The van der Waals surface area contributed by atoms with Crippen LogP contribution in [0.15, 0.2) is 6.07 Å². The van der Waals surface area contributed by atoms with E-state index in [2.05, 4.69) is 10.1 Å². The quantitative estimate of drug-likeness (QED) is 0.876. The Hall–Kier alpha value is -0.980. The Balaban J connectivity index is 2.60. The van der Waals surface area contributed by atoms with Gasteiger partial charge in [0.25, 0.3) is 0 Å². The summed E-state index contributed by atoms with van der Waals surface area (Å²) in [6.07, 6.45) is -0.169. The van der Waals surface area contributed by atoms with Crippen LogP contribution in [0.3, 0.4) is 0 Å². The van der Waals surface area contributed by atoms with Crippen molar-refractivity contribution < 1.29 is 19.4 Å². The summed E-state index contributed by atoms with van der Waals surface area (Å²) in [4.78, 5) is 21.9. The van der Waals surface area contributed by atoms with Crippen LogP contribution in [-0.2, 0) is 16.0 Å². The first kappa shape index (κ1) is 15.1. The second kappa shape index (κ2) is 6.82. The molecule has 8 heteroatoms. The van der Waals surface area contributed by atoms with Gasteiger partial charge in [-0.1, -0.05) is 23.2 Å². The lowest BCUT2D eigenvalue weighted by molar-refractivity contribution is -0.139. The van der Waals surface area contributed by atoms with E-state index in [9.17, 15) is 9.59 Å². The molecule has 0 unspecified atom stereocenters. The molecule has 2 N–H and O–H groups in total. The number of carbonyl (C=O) groups excluding carboxylic acids is 1. The maximum absolute atomic E-state index is 11.0. The van der Waals surface area contributed by atoms with Gasteiger partial charge in [0.1, 0.15) is 6.04 Å². The van der Waals surface area contributed by atoms with Gasteiger partial charge >= 0.3 is 12.1 Å². The highest BCUT2D eigenvalue weighted by molar-refractivity contribution is 7.20. The highest BCUT2D eigenvalue weighted by Gasteiger charge is 2.20. The fourth-order valence-corrected chi connectivity index (χ4v) is 2.85. The Morgan fingerprint density at radius 2 is 2.22 bits per heavy atom. The normalized spacial score (nSPS) is 11.9. The van der Waals surface area contributed by atoms with Crippen molar-refractivity contribution in [2.75, 3.05) is 7.11 Å². The molecule has 0 saturated carbocycles. The van der Waals surface area contributed by atoms with Gasteiger partial charge in [-0.3, -0.25) is 0 Å². The van der Waals surface area contributed by atoms with Crippen LogP contribution >= 0.6 is 34.5 Å². The zero-order valence-electron chi connectivity index (χ0n) is 9.41. The molecule has 0 aliphatic carbocycles. The molecule has 18 heavy (non-hydrogen) atoms. The van der Waals surface area contributed by atoms with Crippen LogP contribution in [0.5, 0.6) is 0 Å². The zero-order chi connectivity index (χ0) is 13.7. The number of hydrogen-bond acceptors (Lipinski definition) is 4. The molecule has 5 nitrogen and oxygen atoms in total. The van der Waals surface area contributed by atoms with Crippen molar-refractivity contribution in [2.24, 2.45) is 0 Å². The highest BCUT2D eigenvalue weighted by Crippen LogP contribution is 2.32. The lowest BCUT2D eigenvalue weighted by Crippen LogP contribution is -2.41. The molecule has 0 bridgehead atoms. The Morgan fingerprint density at radius 1 is 1.56 bits per heavy atom. The molecule has 0 aliphatic rings. The van der Waals surface area contributed by atoms with Gasteiger partial charge in [0.15, 0.2) is 0 Å². The number of methoxy groups -OCH3 is 1. The van der Waals surface area contributed by atoms with E-state index >= 15 is 0 Å². The van der Waals surface area contributed by atoms with E-state index in [0.717, 1.165) is 5.56 Å². The number of alkyl carbamates (subject to hydrolysis) is 1. The van der Waals surface area contributed by atoms with Crippen molar-refractivity contribution in [2.45, 2.75) is 18.9 Å². The van der Waals surface area contributed by atoms with E-state index in [-0.39, 0.29) is 6.42 Å². The third-order valence-electron chi connectivity index (χ3n) is 2.21. The summed E-state index contributed by atoms with van der Waals surface area (Å²) < 4.78 is 5.43. The van der Waals surface area contributed by atoms with Gasteiger partial charge < -0.3 is 15.2 Å². The maximum Gasteiger partial charge on any atom is 0.407 e. The third kappa shape index (κ3) is 4.36. The topological polar surface area (TPSA) is 75.6 Å². The first-order chi connectivity index (χ1) is 8.43. The summed E-state index contributed by atoms with van der Waals surface area (Å²) in [5, 5.41) is 11.2. The Morgan fingerprint density at radius 3 is 2.67 bits per heavy atom. The number of aliphatic carboxylic acids is 1. The molecule has 0 aromatic carbocycles. The first-order valence-electron chi connectivity index (χ1n) is 4.95. The van der Waals surface area contributed by atoms with E-state index in [1.807, 2.05) is 0 Å². The fraction of sp³-hybridized carbons (Fsp3) is 0.400. The van der Waals surface area contributed by atoms with Gasteiger partial charge in [0.05, 0.1) is 15.8 Å². The molecule has 1 amide bonds. The van der Waals surface area contributed by atoms with Crippen LogP contribution in [0, 0.1) is 0 Å². The Kier molecular flexibility index (Phi) is 5.71. The molecule has 1 rings (SSSR count). The number of thiophene rings is 1. The van der Waals surface area contributed by atoms with Crippen LogP contribution in [-0.4, -0.2) is 30.3 Å². The Bertz CT molecular complexity index is 449. The second-order valence-electron chi connectivity index (χ2n) is 3.41. The van der Waals surface area contributed by atoms with Gasteiger partial charge in [0.2, 0.25) is 0 Å². The van der Waals surface area contributed by atoms with Gasteiger partial charge in [0, 0.05) is 0 Å². The molecule has 0 saturated heterocycles. The molecule has 1 atom stereocenters. The smallest absolute Gasteiger partial charge is 0.407 e. The lowest BCUT2D eigenvalue weighted by atomic mass is 10.1. The number of carbonyl (C=O) groups is 2. The lowest BCUT2D eigenvalue weighted by Gasteiger charge is -2.12. The average Bonchev–Trinajstić information content (AvgIpc) is 2.62. The van der Waals surface area contributed by atoms with Crippen molar-refractivity contribution >= 4 is 46.6 Å². The molecule has 1 aromatic rings. The zero-order valence-corrected chi connectivity index (χ0v) is 11.7. The van der Waals surface area contributed by atoms with Crippen molar-refractivity contribution in [3.63, 3.8) is 0 Å². The number of carboxylic acids is 1. The fourth-order valence-electron chi connectivity index (χ4n) is 1.30. The summed E-state index contributed by atoms with van der Waals surface area (Å²) >= 11 is 12.9. The van der Waals surface area contributed by atoms with Gasteiger partial charge in [-0.25, -0.2) is 9.59 Å². The second-order valence-corrected chi connectivity index (χ2v) is 5.70. The monoisotopic (exact) mass is 311 g/mol. The number of aryl methyl sites for hydroxylation is 1. The van der Waals surface area contributed by atoms with E-state index in [1.165, 1.54) is 18.4 Å². The molecular formula is C10H11Cl2NO4S. The number of rotatable bonds is 5. The van der Waals surface area contributed by atoms with E-state index < -0.39 is 18.1 Å². The van der Waals surface area contributed by atoms with Crippen molar-refractivity contribution in [1.29, 1.82) is 0 Å². The molecule has 0 spiro atoms. The molecular weight excluding hydrogens is 301 g/mol. The molecule has 1 heterocycles. The van der Waals surface area contributed by atoms with E-state index in [0.29, 0.717) is 15.1 Å². The molecule has 0 fully saturated rings. The number of amides is 1. The summed E-state index contributed by atoms with van der Waals surface area (Å²) in [6.45, 7) is 0. The minimum atomic E-state index is -1.13. The van der Waals surface area contributed by atoms with Gasteiger partial charge in [-0.05, 0) is 24.5 Å². The minimum Gasteiger partial charge on any atom is -0.480 e. The number of halogens is 2. The predicted molar refractivity (Wildman–Crippen MR) is 69.6 cm³/mol. The predicted octanol–water partition coefficient (Wildman–Crippen LogP) is 2.80.